The third-order valence-corrected chi connectivity index (χ3v) is 7.67. The first-order chi connectivity index (χ1) is 14.9. The number of aromatic amines is 1. The van der Waals surface area contributed by atoms with Crippen molar-refractivity contribution >= 4 is 26.6 Å². The summed E-state index contributed by atoms with van der Waals surface area (Å²) in [5.41, 5.74) is 2.48. The molecule has 1 amide bonds. The van der Waals surface area contributed by atoms with Gasteiger partial charge in [-0.15, -0.1) is 0 Å². The van der Waals surface area contributed by atoms with Gasteiger partial charge in [-0.1, -0.05) is 0 Å². The summed E-state index contributed by atoms with van der Waals surface area (Å²) in [6.07, 6.45) is 5.52. The predicted molar refractivity (Wildman–Crippen MR) is 113 cm³/mol. The van der Waals surface area contributed by atoms with Gasteiger partial charge in [-0.25, -0.2) is 8.42 Å². The molecule has 4 aromatic rings. The van der Waals surface area contributed by atoms with Crippen molar-refractivity contribution in [3.05, 3.63) is 59.8 Å². The molecule has 160 valence electrons. The highest BCUT2D eigenvalue weighted by atomic mass is 32.2. The summed E-state index contributed by atoms with van der Waals surface area (Å²) in [6.45, 7) is 2.03. The van der Waals surface area contributed by atoms with Gasteiger partial charge in [0.1, 0.15) is 5.69 Å². The van der Waals surface area contributed by atoms with Crippen molar-refractivity contribution < 1.29 is 13.2 Å². The topological polar surface area (TPSA) is 115 Å². The smallest absolute Gasteiger partial charge is 0.268 e. The second-order valence-corrected chi connectivity index (χ2v) is 9.76. The average molecular weight is 439 g/mol. The summed E-state index contributed by atoms with van der Waals surface area (Å²) in [7, 11) is -2.11. The number of nitrogens with zero attached hydrogens (tertiary/aromatic N) is 4. The standard InChI is InChI=1S/C21H22N6O3S/c1-13-20(31(29,30)17-5-6-18-14(9-17)11-23-25-18)10-19(26(13)2)21(28)22-12-16-7-8-24-27(16)15-3-4-15/h5-11,15H,3-4,12H2,1-2H3,(H,22,28)(H,23,25). The Morgan fingerprint density at radius 1 is 1.26 bits per heavy atom. The SMILES string of the molecule is Cc1c(S(=O)(=O)c2ccc3[nH]ncc3c2)cc(C(=O)NCc2ccnn2C2CC2)n1C. The number of sulfone groups is 1. The molecule has 2 N–H and O–H groups in total. The molecular weight excluding hydrogens is 416 g/mol. The van der Waals surface area contributed by atoms with Crippen LogP contribution >= 0.6 is 0 Å². The number of hydrogen-bond acceptors (Lipinski definition) is 5. The van der Waals surface area contributed by atoms with E-state index >= 15 is 0 Å². The largest absolute Gasteiger partial charge is 0.345 e. The number of benzene rings is 1. The van der Waals surface area contributed by atoms with E-state index in [1.807, 2.05) is 10.7 Å². The van der Waals surface area contributed by atoms with Crippen LogP contribution in [-0.4, -0.2) is 38.9 Å². The lowest BCUT2D eigenvalue weighted by molar-refractivity contribution is 0.0941. The van der Waals surface area contributed by atoms with E-state index < -0.39 is 9.84 Å². The number of carbonyl (C=O) groups excluding carboxylic acids is 1. The van der Waals surface area contributed by atoms with Gasteiger partial charge in [-0.3, -0.25) is 14.6 Å². The van der Waals surface area contributed by atoms with Gasteiger partial charge in [0.05, 0.1) is 39.8 Å². The second kappa shape index (κ2) is 7.09. The van der Waals surface area contributed by atoms with Crippen molar-refractivity contribution in [2.24, 2.45) is 7.05 Å². The molecule has 0 bridgehead atoms. The Balaban J connectivity index is 1.42. The van der Waals surface area contributed by atoms with Crippen molar-refractivity contribution in [3.8, 4) is 0 Å². The van der Waals surface area contributed by atoms with Crippen LogP contribution < -0.4 is 5.32 Å². The van der Waals surface area contributed by atoms with Crippen molar-refractivity contribution in [3.63, 3.8) is 0 Å². The molecule has 0 saturated heterocycles. The lowest BCUT2D eigenvalue weighted by Gasteiger charge is -2.09. The van der Waals surface area contributed by atoms with Crippen LogP contribution in [0.15, 0.2) is 52.5 Å². The zero-order chi connectivity index (χ0) is 21.8. The van der Waals surface area contributed by atoms with E-state index in [1.165, 1.54) is 6.07 Å². The molecule has 0 atom stereocenters. The van der Waals surface area contributed by atoms with Gasteiger partial charge in [0.15, 0.2) is 0 Å². The summed E-state index contributed by atoms with van der Waals surface area (Å²) in [5, 5.41) is 14.7. The minimum atomic E-state index is -3.80. The molecular formula is C21H22N6O3S. The monoisotopic (exact) mass is 438 g/mol. The Morgan fingerprint density at radius 3 is 2.84 bits per heavy atom. The zero-order valence-corrected chi connectivity index (χ0v) is 18.0. The maximum Gasteiger partial charge on any atom is 0.268 e. The van der Waals surface area contributed by atoms with E-state index in [-0.39, 0.29) is 21.4 Å². The van der Waals surface area contributed by atoms with Gasteiger partial charge in [0.2, 0.25) is 9.84 Å². The summed E-state index contributed by atoms with van der Waals surface area (Å²) in [6, 6.07) is 8.56. The van der Waals surface area contributed by atoms with Gasteiger partial charge in [0, 0.05) is 24.3 Å². The highest BCUT2D eigenvalue weighted by Gasteiger charge is 2.28. The lowest BCUT2D eigenvalue weighted by atomic mass is 10.3. The first-order valence-corrected chi connectivity index (χ1v) is 11.5. The first-order valence-electron chi connectivity index (χ1n) is 10.0. The summed E-state index contributed by atoms with van der Waals surface area (Å²) in [4.78, 5) is 13.1. The van der Waals surface area contributed by atoms with Gasteiger partial charge >= 0.3 is 0 Å². The van der Waals surface area contributed by atoms with E-state index in [1.54, 1.807) is 49.1 Å². The molecule has 0 aliphatic heterocycles. The number of hydrogen-bond donors (Lipinski definition) is 2. The van der Waals surface area contributed by atoms with Crippen molar-refractivity contribution in [1.29, 1.82) is 0 Å². The molecule has 9 nitrogen and oxygen atoms in total. The number of rotatable bonds is 6. The highest BCUT2D eigenvalue weighted by molar-refractivity contribution is 7.91. The fraction of sp³-hybridized carbons (Fsp3) is 0.286. The molecule has 5 rings (SSSR count). The van der Waals surface area contributed by atoms with E-state index in [2.05, 4.69) is 20.6 Å². The third-order valence-electron chi connectivity index (χ3n) is 5.81. The first kappa shape index (κ1) is 19.6. The van der Waals surface area contributed by atoms with Crippen LogP contribution in [-0.2, 0) is 23.4 Å². The van der Waals surface area contributed by atoms with E-state index in [4.69, 9.17) is 0 Å². The summed E-state index contributed by atoms with van der Waals surface area (Å²) >= 11 is 0. The molecule has 1 saturated carbocycles. The highest BCUT2D eigenvalue weighted by Crippen LogP contribution is 2.35. The maximum absolute atomic E-state index is 13.3. The van der Waals surface area contributed by atoms with Crippen LogP contribution in [0.1, 0.15) is 40.8 Å². The Hall–Kier alpha value is -3.40. The third kappa shape index (κ3) is 3.32. The Bertz CT molecular complexity index is 1410. The minimum absolute atomic E-state index is 0.117. The molecule has 1 fully saturated rings. The number of nitrogens with one attached hydrogen (secondary N) is 2. The molecule has 3 aromatic heterocycles. The van der Waals surface area contributed by atoms with Crippen LogP contribution in [0.3, 0.4) is 0 Å². The van der Waals surface area contributed by atoms with E-state index in [0.717, 1.165) is 24.1 Å². The van der Waals surface area contributed by atoms with Crippen LogP contribution in [0, 0.1) is 6.92 Å². The molecule has 0 unspecified atom stereocenters. The lowest BCUT2D eigenvalue weighted by Crippen LogP contribution is -2.26. The quantitative estimate of drug-likeness (QED) is 0.480. The zero-order valence-electron chi connectivity index (χ0n) is 17.2. The van der Waals surface area contributed by atoms with Crippen LogP contribution in [0.2, 0.25) is 0 Å². The average Bonchev–Trinajstić information content (AvgIpc) is 3.17. The second-order valence-electron chi connectivity index (χ2n) is 7.84. The number of carbonyl (C=O) groups is 1. The van der Waals surface area contributed by atoms with Crippen LogP contribution in [0.4, 0.5) is 0 Å². The van der Waals surface area contributed by atoms with Gasteiger partial charge in [-0.2, -0.15) is 10.2 Å². The Kier molecular flexibility index (Phi) is 4.47. The minimum Gasteiger partial charge on any atom is -0.345 e. The van der Waals surface area contributed by atoms with E-state index in [9.17, 15) is 13.2 Å². The molecule has 10 heteroatoms. The molecule has 0 radical (unpaired) electrons. The summed E-state index contributed by atoms with van der Waals surface area (Å²) < 4.78 is 30.1. The van der Waals surface area contributed by atoms with Gasteiger partial charge in [0.25, 0.3) is 5.91 Å². The molecule has 31 heavy (non-hydrogen) atoms. The molecule has 0 spiro atoms. The molecule has 3 heterocycles. The van der Waals surface area contributed by atoms with Crippen LogP contribution in [0.25, 0.3) is 10.9 Å². The number of amides is 1. The number of H-pyrrole nitrogens is 1. The van der Waals surface area contributed by atoms with Crippen molar-refractivity contribution in [1.82, 2.24) is 29.9 Å². The number of aromatic nitrogens is 5. The van der Waals surface area contributed by atoms with Crippen molar-refractivity contribution in [2.45, 2.75) is 42.1 Å². The fourth-order valence-electron chi connectivity index (χ4n) is 3.77. The predicted octanol–water partition coefficient (Wildman–Crippen LogP) is 2.50. The summed E-state index contributed by atoms with van der Waals surface area (Å²) in [5.74, 6) is -0.333. The van der Waals surface area contributed by atoms with Crippen molar-refractivity contribution in [2.75, 3.05) is 0 Å². The molecule has 1 aliphatic rings. The Labute approximate surface area is 179 Å². The van der Waals surface area contributed by atoms with Crippen LogP contribution in [0.5, 0.6) is 0 Å². The normalized spacial score (nSPS) is 14.3. The number of fused-ring (bicyclic) bond motifs is 1. The van der Waals surface area contributed by atoms with E-state index in [0.29, 0.717) is 23.7 Å². The molecule has 1 aromatic carbocycles. The Morgan fingerprint density at radius 2 is 2.06 bits per heavy atom. The molecule has 1 aliphatic carbocycles. The van der Waals surface area contributed by atoms with Gasteiger partial charge in [-0.05, 0) is 50.1 Å². The maximum atomic E-state index is 13.3. The fourth-order valence-corrected chi connectivity index (χ4v) is 5.34. The van der Waals surface area contributed by atoms with Gasteiger partial charge < -0.3 is 9.88 Å².